The topological polar surface area (TPSA) is 21.8 Å². The summed E-state index contributed by atoms with van der Waals surface area (Å²) in [5.41, 5.74) is 1.22. The molecule has 1 fully saturated rings. The summed E-state index contributed by atoms with van der Waals surface area (Å²) in [4.78, 5) is 1.33. The van der Waals surface area contributed by atoms with Crippen LogP contribution in [-0.4, -0.2) is 24.6 Å². The number of benzene rings is 2. The van der Waals surface area contributed by atoms with E-state index in [0.29, 0.717) is 25.4 Å². The zero-order chi connectivity index (χ0) is 14.3. The molecule has 1 saturated heterocycles. The van der Waals surface area contributed by atoms with Gasteiger partial charge in [-0.05, 0) is 24.1 Å². The number of hydrogen-bond donors (Lipinski definition) is 0. The van der Waals surface area contributed by atoms with Gasteiger partial charge in [0.2, 0.25) is 0 Å². The van der Waals surface area contributed by atoms with Gasteiger partial charge >= 0.3 is 0 Å². The van der Waals surface area contributed by atoms with Crippen molar-refractivity contribution in [2.75, 3.05) is 12.4 Å². The third kappa shape index (κ3) is 4.88. The summed E-state index contributed by atoms with van der Waals surface area (Å²) in [6.45, 7) is 1.38. The van der Waals surface area contributed by atoms with Crippen LogP contribution in [0.3, 0.4) is 0 Å². The van der Waals surface area contributed by atoms with Crippen LogP contribution in [0.5, 0.6) is 0 Å². The summed E-state index contributed by atoms with van der Waals surface area (Å²) < 4.78 is 11.4. The Balaban J connectivity index is 1.27. The summed E-state index contributed by atoms with van der Waals surface area (Å²) in [5, 5.41) is 0. The third-order valence-electron chi connectivity index (χ3n) is 3.50. The van der Waals surface area contributed by atoms with E-state index in [9.17, 15) is 0 Å². The van der Waals surface area contributed by atoms with E-state index in [1.165, 1.54) is 10.5 Å². The maximum absolute atomic E-state index is 5.71. The molecule has 2 aromatic carbocycles. The lowest BCUT2D eigenvalue weighted by Crippen LogP contribution is -2.05. The molecular weight excluding hydrogens is 280 g/mol. The number of ether oxygens (including phenoxy) is 2. The highest BCUT2D eigenvalue weighted by Crippen LogP contribution is 2.29. The first kappa shape index (κ1) is 14.6. The first-order valence-corrected chi connectivity index (χ1v) is 8.35. The van der Waals surface area contributed by atoms with Crippen LogP contribution in [-0.2, 0) is 16.1 Å². The van der Waals surface area contributed by atoms with Crippen LogP contribution in [0.4, 0.5) is 0 Å². The molecular formula is C18H20O2S. The molecule has 0 saturated carbocycles. The second-order valence-electron chi connectivity index (χ2n) is 5.16. The van der Waals surface area contributed by atoms with Crippen molar-refractivity contribution in [1.82, 2.24) is 0 Å². The maximum Gasteiger partial charge on any atom is 0.107 e. The Morgan fingerprint density at radius 2 is 1.62 bits per heavy atom. The number of thioether (sulfide) groups is 1. The molecule has 1 aliphatic rings. The van der Waals surface area contributed by atoms with E-state index in [1.54, 1.807) is 0 Å². The molecule has 21 heavy (non-hydrogen) atoms. The Hall–Kier alpha value is -1.29. The van der Waals surface area contributed by atoms with E-state index in [0.717, 1.165) is 12.2 Å². The monoisotopic (exact) mass is 300 g/mol. The molecule has 0 bridgehead atoms. The highest BCUT2D eigenvalue weighted by Gasteiger charge is 2.38. The van der Waals surface area contributed by atoms with E-state index in [4.69, 9.17) is 9.47 Å². The number of epoxide rings is 1. The highest BCUT2D eigenvalue weighted by molar-refractivity contribution is 7.99. The van der Waals surface area contributed by atoms with Gasteiger partial charge in [-0.15, -0.1) is 11.8 Å². The normalized spacial score (nSPS) is 20.4. The van der Waals surface area contributed by atoms with Crippen LogP contribution in [0.1, 0.15) is 12.0 Å². The van der Waals surface area contributed by atoms with E-state index in [-0.39, 0.29) is 0 Å². The lowest BCUT2D eigenvalue weighted by atomic mass is 10.2. The Labute approximate surface area is 130 Å². The Bertz CT molecular complexity index is 480. The molecule has 2 aromatic rings. The average Bonchev–Trinajstić information content (AvgIpc) is 3.28. The van der Waals surface area contributed by atoms with Gasteiger partial charge in [0.1, 0.15) is 6.10 Å². The summed E-state index contributed by atoms with van der Waals surface area (Å²) in [7, 11) is 0. The molecule has 3 rings (SSSR count). The van der Waals surface area contributed by atoms with Gasteiger partial charge in [0, 0.05) is 10.6 Å². The SMILES string of the molecule is c1ccc(COC[C@H]2O[C@@H]2CCSc2ccccc2)cc1. The van der Waals surface area contributed by atoms with Crippen molar-refractivity contribution < 1.29 is 9.47 Å². The quantitative estimate of drug-likeness (QED) is 0.540. The van der Waals surface area contributed by atoms with E-state index < -0.39 is 0 Å². The fourth-order valence-corrected chi connectivity index (χ4v) is 3.19. The third-order valence-corrected chi connectivity index (χ3v) is 4.54. The predicted molar refractivity (Wildman–Crippen MR) is 86.5 cm³/mol. The summed E-state index contributed by atoms with van der Waals surface area (Å²) >= 11 is 1.89. The second-order valence-corrected chi connectivity index (χ2v) is 6.33. The minimum Gasteiger partial charge on any atom is -0.374 e. The first-order chi connectivity index (χ1) is 10.4. The molecule has 0 N–H and O–H groups in total. The van der Waals surface area contributed by atoms with Gasteiger partial charge in [0.05, 0.1) is 19.3 Å². The lowest BCUT2D eigenvalue weighted by Gasteiger charge is -2.02. The van der Waals surface area contributed by atoms with E-state index >= 15 is 0 Å². The zero-order valence-electron chi connectivity index (χ0n) is 12.0. The maximum atomic E-state index is 5.71. The molecule has 0 radical (unpaired) electrons. The molecule has 0 spiro atoms. The molecule has 110 valence electrons. The van der Waals surface area contributed by atoms with Crippen LogP contribution < -0.4 is 0 Å². The zero-order valence-corrected chi connectivity index (χ0v) is 12.8. The van der Waals surface area contributed by atoms with Gasteiger partial charge in [-0.25, -0.2) is 0 Å². The standard InChI is InChI=1S/C18H20O2S/c1-3-7-15(8-4-1)13-19-14-18-17(20-18)11-12-21-16-9-5-2-6-10-16/h1-10,17-18H,11-14H2/t17-,18-/m1/s1. The number of rotatable bonds is 8. The molecule has 3 heteroatoms. The smallest absolute Gasteiger partial charge is 0.107 e. The summed E-state index contributed by atoms with van der Waals surface area (Å²) in [6, 6.07) is 20.8. The largest absolute Gasteiger partial charge is 0.374 e. The Morgan fingerprint density at radius 3 is 2.38 bits per heavy atom. The van der Waals surface area contributed by atoms with Gasteiger partial charge in [0.15, 0.2) is 0 Å². The van der Waals surface area contributed by atoms with Crippen molar-refractivity contribution in [2.45, 2.75) is 30.1 Å². The summed E-state index contributed by atoms with van der Waals surface area (Å²) in [6.07, 6.45) is 1.78. The minimum atomic E-state index is 0.296. The molecule has 2 atom stereocenters. The van der Waals surface area contributed by atoms with Crippen LogP contribution in [0.2, 0.25) is 0 Å². The molecule has 2 nitrogen and oxygen atoms in total. The Kier molecular flexibility index (Phi) is 5.33. The van der Waals surface area contributed by atoms with Gasteiger partial charge in [0.25, 0.3) is 0 Å². The van der Waals surface area contributed by atoms with Crippen LogP contribution in [0.15, 0.2) is 65.6 Å². The molecule has 1 heterocycles. The van der Waals surface area contributed by atoms with Crippen molar-refractivity contribution >= 4 is 11.8 Å². The van der Waals surface area contributed by atoms with E-state index in [2.05, 4.69) is 36.4 Å². The molecule has 0 amide bonds. The summed E-state index contributed by atoms with van der Waals surface area (Å²) in [5.74, 6) is 1.10. The van der Waals surface area contributed by atoms with Crippen molar-refractivity contribution in [3.05, 3.63) is 66.2 Å². The fraction of sp³-hybridized carbons (Fsp3) is 0.333. The molecule has 0 aliphatic carbocycles. The number of hydrogen-bond acceptors (Lipinski definition) is 3. The van der Waals surface area contributed by atoms with Crippen molar-refractivity contribution in [2.24, 2.45) is 0 Å². The van der Waals surface area contributed by atoms with Gasteiger partial charge < -0.3 is 9.47 Å². The molecule has 0 unspecified atom stereocenters. The average molecular weight is 300 g/mol. The van der Waals surface area contributed by atoms with Gasteiger partial charge in [-0.3, -0.25) is 0 Å². The van der Waals surface area contributed by atoms with Crippen molar-refractivity contribution in [3.8, 4) is 0 Å². The van der Waals surface area contributed by atoms with Crippen LogP contribution >= 0.6 is 11.8 Å². The van der Waals surface area contributed by atoms with Crippen molar-refractivity contribution in [3.63, 3.8) is 0 Å². The Morgan fingerprint density at radius 1 is 0.905 bits per heavy atom. The van der Waals surface area contributed by atoms with E-state index in [1.807, 2.05) is 36.0 Å². The van der Waals surface area contributed by atoms with Crippen LogP contribution in [0.25, 0.3) is 0 Å². The highest BCUT2D eigenvalue weighted by atomic mass is 32.2. The second kappa shape index (κ2) is 7.64. The van der Waals surface area contributed by atoms with Gasteiger partial charge in [-0.1, -0.05) is 48.5 Å². The predicted octanol–water partition coefficient (Wildman–Crippen LogP) is 4.15. The first-order valence-electron chi connectivity index (χ1n) is 7.37. The lowest BCUT2D eigenvalue weighted by molar-refractivity contribution is 0.104. The van der Waals surface area contributed by atoms with Gasteiger partial charge in [-0.2, -0.15) is 0 Å². The molecule has 1 aliphatic heterocycles. The van der Waals surface area contributed by atoms with Crippen molar-refractivity contribution in [1.29, 1.82) is 0 Å². The minimum absolute atomic E-state index is 0.296. The fourth-order valence-electron chi connectivity index (χ4n) is 2.26. The van der Waals surface area contributed by atoms with Crippen LogP contribution in [0, 0.1) is 0 Å². The molecule has 0 aromatic heterocycles.